The fourth-order valence-corrected chi connectivity index (χ4v) is 9.92. The van der Waals surface area contributed by atoms with Crippen molar-refractivity contribution in [3.63, 3.8) is 0 Å². The van der Waals surface area contributed by atoms with Crippen LogP contribution < -0.4 is 0 Å². The minimum atomic E-state index is -2.56. The number of azide groups is 1. The summed E-state index contributed by atoms with van der Waals surface area (Å²) in [5.41, 5.74) is 9.00. The van der Waals surface area contributed by atoms with Crippen LogP contribution in [0.3, 0.4) is 0 Å². The molecule has 32 heavy (non-hydrogen) atoms. The molecule has 1 heterocycles. The molecule has 1 fully saturated rings. The van der Waals surface area contributed by atoms with E-state index in [2.05, 4.69) is 70.6 Å². The zero-order chi connectivity index (χ0) is 24.1. The second kappa shape index (κ2) is 14.4. The number of rotatable bonds is 14. The molecule has 1 saturated heterocycles. The maximum atomic E-state index is 9.00. The molecule has 6 heteroatoms. The van der Waals surface area contributed by atoms with E-state index in [1.807, 2.05) is 0 Å². The third-order valence-corrected chi connectivity index (χ3v) is 11.7. The summed E-state index contributed by atoms with van der Waals surface area (Å²) in [4.78, 5) is 3.04. The fraction of sp³-hybridized carbons (Fsp3) is 0.923. The van der Waals surface area contributed by atoms with Crippen LogP contribution >= 0.6 is 0 Å². The monoisotopic (exact) mass is 465 g/mol. The lowest BCUT2D eigenvalue weighted by Gasteiger charge is -2.53. The maximum absolute atomic E-state index is 9.00. The molecule has 0 aromatic rings. The van der Waals surface area contributed by atoms with Crippen LogP contribution in [-0.2, 0) is 8.85 Å². The second-order valence-corrected chi connectivity index (χ2v) is 16.3. The van der Waals surface area contributed by atoms with Gasteiger partial charge in [0.1, 0.15) is 0 Å². The Kier molecular flexibility index (Phi) is 13.2. The smallest absolute Gasteiger partial charge is 0.349 e. The Morgan fingerprint density at radius 1 is 0.875 bits per heavy atom. The van der Waals surface area contributed by atoms with Crippen molar-refractivity contribution in [3.05, 3.63) is 22.6 Å². The van der Waals surface area contributed by atoms with Gasteiger partial charge in [-0.25, -0.2) is 0 Å². The molecule has 0 bridgehead atoms. The van der Waals surface area contributed by atoms with Gasteiger partial charge >= 0.3 is 8.56 Å². The molecule has 0 radical (unpaired) electrons. The van der Waals surface area contributed by atoms with Gasteiger partial charge in [0.05, 0.1) is 12.1 Å². The van der Waals surface area contributed by atoms with Crippen molar-refractivity contribution in [3.8, 4) is 0 Å². The number of hydrogen-bond donors (Lipinski definition) is 0. The number of allylic oxidation sites excluding steroid dienone is 1. The molecule has 0 spiro atoms. The predicted octanol–water partition coefficient (Wildman–Crippen LogP) is 9.38. The lowest BCUT2D eigenvalue weighted by Crippen LogP contribution is -2.64. The fourth-order valence-electron chi connectivity index (χ4n) is 5.00. The van der Waals surface area contributed by atoms with Crippen molar-refractivity contribution in [1.29, 1.82) is 0 Å². The van der Waals surface area contributed by atoms with E-state index >= 15 is 0 Å². The van der Waals surface area contributed by atoms with E-state index in [0.29, 0.717) is 6.61 Å². The first-order valence-electron chi connectivity index (χ1n) is 13.1. The molecule has 2 atom stereocenters. The van der Waals surface area contributed by atoms with Gasteiger partial charge < -0.3 is 8.85 Å². The maximum Gasteiger partial charge on any atom is 0.349 e. The Hall–Kier alpha value is -0.813. The summed E-state index contributed by atoms with van der Waals surface area (Å²) in [5.74, 6) is 0. The van der Waals surface area contributed by atoms with E-state index in [4.69, 9.17) is 14.4 Å². The van der Waals surface area contributed by atoms with Crippen molar-refractivity contribution in [2.24, 2.45) is 5.11 Å². The molecule has 0 aromatic heterocycles. The summed E-state index contributed by atoms with van der Waals surface area (Å²) < 4.78 is 13.2. The lowest BCUT2D eigenvalue weighted by molar-refractivity contribution is 0.0264. The third kappa shape index (κ3) is 9.21. The Morgan fingerprint density at radius 3 is 1.84 bits per heavy atom. The highest BCUT2D eigenvalue weighted by atomic mass is 28.4. The van der Waals surface area contributed by atoms with Crippen molar-refractivity contribution in [2.45, 2.75) is 148 Å². The standard InChI is InChI=1S/C26H51N3O2Si/c1-8-9-10-11-12-13-14-15-16-17-18-19-20-21-24-23(28-29-27)22-30-32(31-24,25(2,3)4)26(5,6)7/h20-21,23-24H,8-19,22H2,1-7H3/b21-20+/t23-,24-/m0/s1. The van der Waals surface area contributed by atoms with Crippen molar-refractivity contribution in [2.75, 3.05) is 6.61 Å². The molecular formula is C26H51N3O2Si. The minimum absolute atomic E-state index is 0.0747. The first-order valence-corrected chi connectivity index (χ1v) is 14.9. The van der Waals surface area contributed by atoms with Gasteiger partial charge in [-0.05, 0) is 18.4 Å². The summed E-state index contributed by atoms with van der Waals surface area (Å²) in [6.07, 6.45) is 20.2. The highest BCUT2D eigenvalue weighted by Gasteiger charge is 2.61. The minimum Gasteiger partial charge on any atom is -0.393 e. The van der Waals surface area contributed by atoms with E-state index in [9.17, 15) is 0 Å². The van der Waals surface area contributed by atoms with E-state index < -0.39 is 8.56 Å². The normalized spacial score (nSPS) is 21.6. The zero-order valence-corrected chi connectivity index (χ0v) is 23.2. The van der Waals surface area contributed by atoms with Gasteiger partial charge in [0.25, 0.3) is 0 Å². The Balaban J connectivity index is 2.46. The molecule has 5 nitrogen and oxygen atoms in total. The average molecular weight is 466 g/mol. The quantitative estimate of drug-likeness (QED) is 0.0640. The largest absolute Gasteiger partial charge is 0.393 e. The highest BCUT2D eigenvalue weighted by molar-refractivity contribution is 6.73. The van der Waals surface area contributed by atoms with E-state index in [1.54, 1.807) is 0 Å². The van der Waals surface area contributed by atoms with Crippen LogP contribution in [0.2, 0.25) is 10.1 Å². The van der Waals surface area contributed by atoms with Gasteiger partial charge in [-0.1, -0.05) is 130 Å². The Bertz CT molecular complexity index is 575. The van der Waals surface area contributed by atoms with E-state index in [-0.39, 0.29) is 22.2 Å². The SMILES string of the molecule is CCCCCCCCCCCCC/C=C/[C@@H]1O[Si](C(C)(C)C)(C(C)(C)C)OC[C@@H]1N=[N+]=[N-]. The molecular weight excluding hydrogens is 414 g/mol. The molecule has 186 valence electrons. The average Bonchev–Trinajstić information content (AvgIpc) is 2.71. The topological polar surface area (TPSA) is 67.2 Å². The van der Waals surface area contributed by atoms with Gasteiger partial charge in [0.15, 0.2) is 0 Å². The zero-order valence-electron chi connectivity index (χ0n) is 22.2. The van der Waals surface area contributed by atoms with Crippen molar-refractivity contribution < 1.29 is 8.85 Å². The van der Waals surface area contributed by atoms with Crippen LogP contribution in [0.4, 0.5) is 0 Å². The summed E-state index contributed by atoms with van der Waals surface area (Å²) >= 11 is 0. The number of nitrogens with zero attached hydrogens (tertiary/aromatic N) is 3. The van der Waals surface area contributed by atoms with Gasteiger partial charge in [-0.15, -0.1) is 0 Å². The van der Waals surface area contributed by atoms with Crippen LogP contribution in [0.1, 0.15) is 126 Å². The summed E-state index contributed by atoms with van der Waals surface area (Å²) in [6.45, 7) is 16.0. The van der Waals surface area contributed by atoms with Crippen LogP contribution in [0.15, 0.2) is 17.3 Å². The van der Waals surface area contributed by atoms with Crippen LogP contribution in [0.5, 0.6) is 0 Å². The Labute approximate surface area is 199 Å². The summed E-state index contributed by atoms with van der Waals surface area (Å²) in [6, 6.07) is -0.293. The van der Waals surface area contributed by atoms with Gasteiger partial charge in [-0.3, -0.25) is 0 Å². The molecule has 1 rings (SSSR count). The third-order valence-electron chi connectivity index (χ3n) is 6.61. The molecule has 0 aliphatic carbocycles. The van der Waals surface area contributed by atoms with Crippen LogP contribution in [-0.4, -0.2) is 27.3 Å². The number of hydrogen-bond acceptors (Lipinski definition) is 3. The van der Waals surface area contributed by atoms with Gasteiger partial charge in [0.2, 0.25) is 0 Å². The van der Waals surface area contributed by atoms with E-state index in [0.717, 1.165) is 6.42 Å². The van der Waals surface area contributed by atoms with Crippen molar-refractivity contribution in [1.82, 2.24) is 0 Å². The first kappa shape index (κ1) is 29.2. The second-order valence-electron chi connectivity index (χ2n) is 11.5. The molecule has 0 amide bonds. The molecule has 0 aromatic carbocycles. The highest BCUT2D eigenvalue weighted by Crippen LogP contribution is 2.54. The van der Waals surface area contributed by atoms with Crippen molar-refractivity contribution >= 4 is 8.56 Å². The van der Waals surface area contributed by atoms with Gasteiger partial charge in [-0.2, -0.15) is 0 Å². The van der Waals surface area contributed by atoms with Gasteiger partial charge in [0, 0.05) is 21.6 Å². The summed E-state index contributed by atoms with van der Waals surface area (Å²) in [7, 11) is -2.56. The van der Waals surface area contributed by atoms with Crippen LogP contribution in [0, 0.1) is 0 Å². The van der Waals surface area contributed by atoms with E-state index in [1.165, 1.54) is 70.6 Å². The molecule has 0 saturated carbocycles. The predicted molar refractivity (Wildman–Crippen MR) is 139 cm³/mol. The molecule has 0 unspecified atom stereocenters. The molecule has 1 aliphatic rings. The lowest BCUT2D eigenvalue weighted by atomic mass is 10.0. The van der Waals surface area contributed by atoms with Crippen LogP contribution in [0.25, 0.3) is 10.4 Å². The molecule has 1 aliphatic heterocycles. The first-order chi connectivity index (χ1) is 15.1. The number of unbranched alkanes of at least 4 members (excludes halogenated alkanes) is 11. The molecule has 0 N–H and O–H groups in total. The summed E-state index contributed by atoms with van der Waals surface area (Å²) in [5, 5.41) is 3.83. The Morgan fingerprint density at radius 2 is 1.38 bits per heavy atom.